The third-order valence-corrected chi connectivity index (χ3v) is 8.78. The van der Waals surface area contributed by atoms with Crippen LogP contribution in [0.2, 0.25) is 5.02 Å². The molecule has 4 rings (SSSR count). The van der Waals surface area contributed by atoms with Crippen molar-refractivity contribution in [1.29, 1.82) is 0 Å². The smallest absolute Gasteiger partial charge is 0.243 e. The van der Waals surface area contributed by atoms with Crippen molar-refractivity contribution in [2.75, 3.05) is 36.9 Å². The lowest BCUT2D eigenvalue weighted by atomic mass is 10.0. The highest BCUT2D eigenvalue weighted by atomic mass is 35.5. The van der Waals surface area contributed by atoms with Crippen LogP contribution in [0.1, 0.15) is 37.8 Å². The molecule has 1 aliphatic rings. The molecule has 0 aliphatic carbocycles. The maximum absolute atomic E-state index is 14.0. The Hall–Kier alpha value is -3.76. The van der Waals surface area contributed by atoms with E-state index in [9.17, 15) is 18.0 Å². The first-order valence-corrected chi connectivity index (χ1v) is 17.0. The summed E-state index contributed by atoms with van der Waals surface area (Å²) in [6.07, 6.45) is 1.69. The number of nitrogens with one attached hydrogen (secondary N) is 1. The zero-order valence-corrected chi connectivity index (χ0v) is 26.9. The van der Waals surface area contributed by atoms with Crippen LogP contribution in [0.15, 0.2) is 72.8 Å². The van der Waals surface area contributed by atoms with E-state index in [1.54, 1.807) is 29.2 Å². The van der Waals surface area contributed by atoms with Gasteiger partial charge in [0.25, 0.3) is 0 Å². The monoisotopic (exact) mass is 641 g/mol. The van der Waals surface area contributed by atoms with Crippen molar-refractivity contribution < 1.29 is 27.5 Å². The van der Waals surface area contributed by atoms with Crippen molar-refractivity contribution in [2.45, 2.75) is 45.7 Å². The Labute approximate surface area is 265 Å². The summed E-state index contributed by atoms with van der Waals surface area (Å²) in [5.41, 5.74) is 2.05. The van der Waals surface area contributed by atoms with Gasteiger partial charge in [0.1, 0.15) is 19.3 Å². The number of halogens is 1. The lowest BCUT2D eigenvalue weighted by Gasteiger charge is -2.32. The van der Waals surface area contributed by atoms with E-state index in [0.717, 1.165) is 11.8 Å². The van der Waals surface area contributed by atoms with Gasteiger partial charge in [-0.3, -0.25) is 13.9 Å². The van der Waals surface area contributed by atoms with Gasteiger partial charge in [-0.25, -0.2) is 8.42 Å². The number of amides is 2. The van der Waals surface area contributed by atoms with Crippen LogP contribution in [0.25, 0.3) is 0 Å². The maximum Gasteiger partial charge on any atom is 0.243 e. The van der Waals surface area contributed by atoms with Crippen LogP contribution in [0.5, 0.6) is 11.5 Å². The van der Waals surface area contributed by atoms with E-state index in [-0.39, 0.29) is 43.7 Å². The molecule has 0 bridgehead atoms. The number of anilines is 1. The molecule has 1 N–H and O–H groups in total. The number of hydrogen-bond donors (Lipinski definition) is 1. The van der Waals surface area contributed by atoms with Gasteiger partial charge >= 0.3 is 0 Å². The number of hydrogen-bond acceptors (Lipinski definition) is 6. The Morgan fingerprint density at radius 1 is 0.955 bits per heavy atom. The SMILES string of the molecule is CC(C)CNC(=O)C(Cc1ccccc1)N(Cc1ccccc1Cl)C(=O)CCCN(c1ccc2c(c1)OCCO2)S(C)(=O)=O. The Kier molecular flexibility index (Phi) is 11.5. The van der Waals surface area contributed by atoms with E-state index in [1.807, 2.05) is 62.4 Å². The first kappa shape index (κ1) is 33.1. The number of rotatable bonds is 14. The standard InChI is InChI=1S/C33H40ClN3O6S/c1-24(2)22-35-33(39)29(20-25-10-5-4-6-11-25)36(23-26-12-7-8-13-28(26)34)32(38)14-9-17-37(44(3,40)41)27-15-16-30-31(21-27)43-19-18-42-30/h4-8,10-13,15-16,21,24,29H,9,14,17-20,22-23H2,1-3H3,(H,35,39). The Morgan fingerprint density at radius 2 is 1.64 bits per heavy atom. The quantitative estimate of drug-likeness (QED) is 0.264. The number of nitrogens with zero attached hydrogens (tertiary/aromatic N) is 2. The van der Waals surface area contributed by atoms with E-state index >= 15 is 0 Å². The number of fused-ring (bicyclic) bond motifs is 1. The molecule has 1 aliphatic heterocycles. The van der Waals surface area contributed by atoms with Gasteiger partial charge in [0.05, 0.1) is 11.9 Å². The second-order valence-electron chi connectivity index (χ2n) is 11.2. The van der Waals surface area contributed by atoms with Crippen molar-refractivity contribution in [3.63, 3.8) is 0 Å². The van der Waals surface area contributed by atoms with Crippen molar-refractivity contribution in [2.24, 2.45) is 5.92 Å². The van der Waals surface area contributed by atoms with E-state index in [2.05, 4.69) is 5.32 Å². The molecule has 3 aromatic carbocycles. The lowest BCUT2D eigenvalue weighted by molar-refractivity contribution is -0.141. The average Bonchev–Trinajstić information content (AvgIpc) is 3.00. The molecule has 0 spiro atoms. The highest BCUT2D eigenvalue weighted by molar-refractivity contribution is 7.92. The van der Waals surface area contributed by atoms with Crippen molar-refractivity contribution in [1.82, 2.24) is 10.2 Å². The summed E-state index contributed by atoms with van der Waals surface area (Å²) in [5.74, 6) is 0.726. The molecule has 1 atom stereocenters. The van der Waals surface area contributed by atoms with Gasteiger partial charge in [-0.2, -0.15) is 0 Å². The summed E-state index contributed by atoms with van der Waals surface area (Å²) >= 11 is 6.50. The predicted octanol–water partition coefficient (Wildman–Crippen LogP) is 5.07. The fourth-order valence-electron chi connectivity index (χ4n) is 4.98. The van der Waals surface area contributed by atoms with Crippen LogP contribution in [0.3, 0.4) is 0 Å². The maximum atomic E-state index is 14.0. The van der Waals surface area contributed by atoms with Crippen LogP contribution in [-0.2, 0) is 32.6 Å². The van der Waals surface area contributed by atoms with Crippen molar-refractivity contribution in [3.8, 4) is 11.5 Å². The third-order valence-electron chi connectivity index (χ3n) is 7.22. The Morgan fingerprint density at radius 3 is 2.32 bits per heavy atom. The van der Waals surface area contributed by atoms with Crippen LogP contribution in [0, 0.1) is 5.92 Å². The summed E-state index contributed by atoms with van der Waals surface area (Å²) in [4.78, 5) is 29.2. The fourth-order valence-corrected chi connectivity index (χ4v) is 6.13. The molecule has 9 nitrogen and oxygen atoms in total. The molecule has 0 radical (unpaired) electrons. The van der Waals surface area contributed by atoms with Crippen LogP contribution in [0.4, 0.5) is 5.69 Å². The predicted molar refractivity (Wildman–Crippen MR) is 173 cm³/mol. The molecule has 1 heterocycles. The van der Waals surface area contributed by atoms with Gasteiger partial charge < -0.3 is 19.7 Å². The van der Waals surface area contributed by atoms with Gasteiger partial charge in [0, 0.05) is 43.6 Å². The number of carbonyl (C=O) groups is 2. The molecule has 2 amide bonds. The van der Waals surface area contributed by atoms with E-state index in [0.29, 0.717) is 54.0 Å². The molecule has 3 aromatic rings. The molecule has 0 aromatic heterocycles. The average molecular weight is 642 g/mol. The molecule has 0 saturated heterocycles. The number of ether oxygens (including phenoxy) is 2. The Balaban J connectivity index is 1.58. The van der Waals surface area contributed by atoms with Gasteiger partial charge in [-0.05, 0) is 41.7 Å². The van der Waals surface area contributed by atoms with E-state index in [4.69, 9.17) is 21.1 Å². The third kappa shape index (κ3) is 9.12. The number of benzene rings is 3. The summed E-state index contributed by atoms with van der Waals surface area (Å²) in [5, 5.41) is 3.50. The number of sulfonamides is 1. The molecule has 1 unspecified atom stereocenters. The molecular formula is C33H40ClN3O6S. The normalized spacial score (nSPS) is 13.3. The Bertz CT molecular complexity index is 1530. The fraction of sp³-hybridized carbons (Fsp3) is 0.394. The largest absolute Gasteiger partial charge is 0.486 e. The molecular weight excluding hydrogens is 602 g/mol. The van der Waals surface area contributed by atoms with Gasteiger partial charge in [-0.1, -0.05) is 74.0 Å². The highest BCUT2D eigenvalue weighted by Crippen LogP contribution is 2.35. The highest BCUT2D eigenvalue weighted by Gasteiger charge is 2.31. The van der Waals surface area contributed by atoms with Crippen molar-refractivity contribution >= 4 is 39.1 Å². The van der Waals surface area contributed by atoms with Crippen molar-refractivity contribution in [3.05, 3.63) is 88.9 Å². The zero-order chi connectivity index (χ0) is 31.7. The summed E-state index contributed by atoms with van der Waals surface area (Å²) in [6, 6.07) is 21.0. The minimum atomic E-state index is -3.67. The molecule has 236 valence electrons. The first-order valence-electron chi connectivity index (χ1n) is 14.7. The van der Waals surface area contributed by atoms with E-state index < -0.39 is 16.1 Å². The number of carbonyl (C=O) groups excluding carboxylic acids is 2. The molecule has 44 heavy (non-hydrogen) atoms. The van der Waals surface area contributed by atoms with E-state index in [1.165, 1.54) is 4.31 Å². The second-order valence-corrected chi connectivity index (χ2v) is 13.5. The zero-order valence-electron chi connectivity index (χ0n) is 25.4. The minimum Gasteiger partial charge on any atom is -0.486 e. The summed E-state index contributed by atoms with van der Waals surface area (Å²) in [7, 11) is -3.67. The van der Waals surface area contributed by atoms with Gasteiger partial charge in [-0.15, -0.1) is 0 Å². The first-order chi connectivity index (χ1) is 21.0. The molecule has 0 fully saturated rings. The minimum absolute atomic E-state index is 0.0176. The molecule has 0 saturated carbocycles. The van der Waals surface area contributed by atoms with Crippen LogP contribution < -0.4 is 19.1 Å². The second kappa shape index (κ2) is 15.3. The van der Waals surface area contributed by atoms with Gasteiger partial charge in [0.2, 0.25) is 21.8 Å². The summed E-state index contributed by atoms with van der Waals surface area (Å²) in [6.45, 7) is 5.48. The van der Waals surface area contributed by atoms with Crippen LogP contribution in [-0.4, -0.2) is 63.7 Å². The van der Waals surface area contributed by atoms with Gasteiger partial charge in [0.15, 0.2) is 11.5 Å². The lowest BCUT2D eigenvalue weighted by Crippen LogP contribution is -2.51. The van der Waals surface area contributed by atoms with Crippen LogP contribution >= 0.6 is 11.6 Å². The summed E-state index contributed by atoms with van der Waals surface area (Å²) < 4.78 is 38.1. The molecule has 11 heteroatoms. The topological polar surface area (TPSA) is 105 Å².